The molecule has 130 valence electrons. The lowest BCUT2D eigenvalue weighted by molar-refractivity contribution is 0.187. The van der Waals surface area contributed by atoms with Crippen LogP contribution in [0.2, 0.25) is 0 Å². The van der Waals surface area contributed by atoms with Crippen molar-refractivity contribution in [3.05, 3.63) is 11.9 Å². The van der Waals surface area contributed by atoms with Gasteiger partial charge in [0.2, 0.25) is 0 Å². The molecule has 2 rings (SSSR count). The zero-order valence-corrected chi connectivity index (χ0v) is 15.8. The third-order valence-electron chi connectivity index (χ3n) is 4.64. The van der Waals surface area contributed by atoms with Gasteiger partial charge in [-0.15, -0.1) is 0 Å². The van der Waals surface area contributed by atoms with Crippen LogP contribution in [0, 0.1) is 0 Å². The van der Waals surface area contributed by atoms with Crippen molar-refractivity contribution in [2.45, 2.75) is 68.5 Å². The van der Waals surface area contributed by atoms with Crippen molar-refractivity contribution >= 4 is 17.6 Å². The Labute approximate surface area is 144 Å². The van der Waals surface area contributed by atoms with Gasteiger partial charge in [0.05, 0.1) is 0 Å². The second-order valence-electron chi connectivity index (χ2n) is 6.39. The van der Waals surface area contributed by atoms with Crippen LogP contribution >= 0.6 is 11.8 Å². The van der Waals surface area contributed by atoms with Gasteiger partial charge >= 0.3 is 0 Å². The number of hydrogen-bond acceptors (Lipinski definition) is 6. The first-order valence-electron chi connectivity index (χ1n) is 8.51. The molecule has 1 unspecified atom stereocenters. The highest BCUT2D eigenvalue weighted by atomic mass is 32.2. The Balaban J connectivity index is 2.04. The predicted molar refractivity (Wildman–Crippen MR) is 97.1 cm³/mol. The molecule has 1 N–H and O–H groups in total. The summed E-state index contributed by atoms with van der Waals surface area (Å²) in [4.78, 5) is 11.3. The van der Waals surface area contributed by atoms with E-state index in [1.54, 1.807) is 25.2 Å². The number of rotatable bonds is 7. The van der Waals surface area contributed by atoms with E-state index in [-0.39, 0.29) is 5.44 Å². The maximum absolute atomic E-state index is 5.36. The number of aromatic nitrogens is 2. The molecule has 1 aliphatic rings. The number of methoxy groups -OCH3 is 1. The largest absolute Gasteiger partial charge is 0.371 e. The van der Waals surface area contributed by atoms with Gasteiger partial charge in [-0.1, -0.05) is 18.7 Å². The average molecular weight is 339 g/mol. The zero-order chi connectivity index (χ0) is 16.8. The predicted octanol–water partition coefficient (Wildman–Crippen LogP) is 3.41. The van der Waals surface area contributed by atoms with Gasteiger partial charge in [0.15, 0.2) is 0 Å². The fourth-order valence-electron chi connectivity index (χ4n) is 3.08. The smallest absolute Gasteiger partial charge is 0.133 e. The molecule has 1 saturated carbocycles. The summed E-state index contributed by atoms with van der Waals surface area (Å²) in [5.74, 6) is 1.00. The van der Waals surface area contributed by atoms with Crippen LogP contribution in [0.5, 0.6) is 0 Å². The average Bonchev–Trinajstić information content (AvgIpc) is 2.55. The molecule has 0 aliphatic heterocycles. The minimum atomic E-state index is 0.0959. The Morgan fingerprint density at radius 1 is 1.30 bits per heavy atom. The van der Waals surface area contributed by atoms with Gasteiger partial charge < -0.3 is 15.0 Å². The van der Waals surface area contributed by atoms with E-state index in [1.165, 1.54) is 31.2 Å². The van der Waals surface area contributed by atoms with E-state index in [2.05, 4.69) is 41.2 Å². The van der Waals surface area contributed by atoms with Crippen molar-refractivity contribution in [1.82, 2.24) is 14.9 Å². The van der Waals surface area contributed by atoms with E-state index in [4.69, 9.17) is 4.74 Å². The van der Waals surface area contributed by atoms with E-state index in [0.29, 0.717) is 6.04 Å². The number of ether oxygens (including phenoxy) is 1. The second kappa shape index (κ2) is 8.85. The van der Waals surface area contributed by atoms with Crippen LogP contribution in [-0.2, 0) is 11.2 Å². The van der Waals surface area contributed by atoms with Gasteiger partial charge in [-0.05, 0) is 53.1 Å². The molecule has 6 heteroatoms. The van der Waals surface area contributed by atoms with Crippen LogP contribution in [0.15, 0.2) is 11.4 Å². The van der Waals surface area contributed by atoms with Crippen LogP contribution in [0.1, 0.15) is 45.1 Å². The Kier molecular flexibility index (Phi) is 7.11. The molecular formula is C17H30N4OS. The van der Waals surface area contributed by atoms with E-state index >= 15 is 0 Å². The zero-order valence-electron chi connectivity index (χ0n) is 15.0. The summed E-state index contributed by atoms with van der Waals surface area (Å²) in [5, 5.41) is 4.70. The summed E-state index contributed by atoms with van der Waals surface area (Å²) < 4.78 is 5.36. The summed E-state index contributed by atoms with van der Waals surface area (Å²) in [6, 6.07) is 1.24. The number of nitrogens with one attached hydrogen (secondary N) is 1. The van der Waals surface area contributed by atoms with Crippen LogP contribution < -0.4 is 5.32 Å². The van der Waals surface area contributed by atoms with Gasteiger partial charge in [-0.2, -0.15) is 0 Å². The lowest BCUT2D eigenvalue weighted by atomic mass is 9.90. The molecule has 23 heavy (non-hydrogen) atoms. The van der Waals surface area contributed by atoms with Crippen molar-refractivity contribution in [2.24, 2.45) is 0 Å². The standard InChI is InChI=1S/C17H30N4OS/c1-6-15-16(18-11-19-17(15)23-12(2)22-5)20-13-7-9-14(10-8-13)21(3)4/h11-14H,6-10H2,1-5H3,(H,18,19,20). The van der Waals surface area contributed by atoms with Crippen molar-refractivity contribution in [1.29, 1.82) is 0 Å². The van der Waals surface area contributed by atoms with Gasteiger partial charge in [0.1, 0.15) is 22.6 Å². The molecule has 1 atom stereocenters. The topological polar surface area (TPSA) is 50.3 Å². The maximum atomic E-state index is 5.36. The molecule has 0 spiro atoms. The molecule has 1 aliphatic carbocycles. The Hall–Kier alpha value is -0.850. The summed E-state index contributed by atoms with van der Waals surface area (Å²) in [6.45, 7) is 4.20. The maximum Gasteiger partial charge on any atom is 0.133 e. The molecule has 0 saturated heterocycles. The molecule has 5 nitrogen and oxygen atoms in total. The lowest BCUT2D eigenvalue weighted by Crippen LogP contribution is -2.36. The van der Waals surface area contributed by atoms with E-state index < -0.39 is 0 Å². The first kappa shape index (κ1) is 18.5. The molecule has 1 heterocycles. The van der Waals surface area contributed by atoms with Crippen LogP contribution in [0.25, 0.3) is 0 Å². The molecule has 0 aromatic carbocycles. The first-order valence-corrected chi connectivity index (χ1v) is 9.39. The minimum Gasteiger partial charge on any atom is -0.371 e. The van der Waals surface area contributed by atoms with Crippen molar-refractivity contribution in [2.75, 3.05) is 26.5 Å². The fourth-order valence-corrected chi connectivity index (χ4v) is 3.98. The lowest BCUT2D eigenvalue weighted by Gasteiger charge is -2.33. The van der Waals surface area contributed by atoms with Crippen molar-refractivity contribution in [3.63, 3.8) is 0 Å². The fraction of sp³-hybridized carbons (Fsp3) is 0.765. The number of anilines is 1. The highest BCUT2D eigenvalue weighted by molar-refractivity contribution is 7.99. The number of nitrogens with zero attached hydrogens (tertiary/aromatic N) is 3. The third kappa shape index (κ3) is 5.06. The Morgan fingerprint density at radius 2 is 2.00 bits per heavy atom. The first-order chi connectivity index (χ1) is 11.0. The summed E-state index contributed by atoms with van der Waals surface area (Å²) >= 11 is 1.66. The van der Waals surface area contributed by atoms with Crippen LogP contribution in [-0.4, -0.2) is 53.6 Å². The van der Waals surface area contributed by atoms with Gasteiger partial charge in [-0.25, -0.2) is 9.97 Å². The molecule has 1 fully saturated rings. The summed E-state index contributed by atoms with van der Waals surface area (Å²) in [6.07, 6.45) is 7.49. The summed E-state index contributed by atoms with van der Waals surface area (Å²) in [5.41, 5.74) is 1.30. The normalized spacial score (nSPS) is 23.0. The SMILES string of the molecule is CCc1c(NC2CCC(N(C)C)CC2)ncnc1SC(C)OC. The molecule has 0 bridgehead atoms. The quantitative estimate of drug-likeness (QED) is 0.467. The molecule has 1 aromatic heterocycles. The van der Waals surface area contributed by atoms with E-state index in [1.807, 2.05) is 6.92 Å². The van der Waals surface area contributed by atoms with E-state index in [9.17, 15) is 0 Å². The van der Waals surface area contributed by atoms with Gasteiger partial charge in [0, 0.05) is 24.8 Å². The molecule has 1 aromatic rings. The third-order valence-corrected chi connectivity index (χ3v) is 5.74. The van der Waals surface area contributed by atoms with Gasteiger partial charge in [0.25, 0.3) is 0 Å². The van der Waals surface area contributed by atoms with Crippen molar-refractivity contribution in [3.8, 4) is 0 Å². The minimum absolute atomic E-state index is 0.0959. The number of thioether (sulfide) groups is 1. The number of hydrogen-bond donors (Lipinski definition) is 1. The summed E-state index contributed by atoms with van der Waals surface area (Å²) in [7, 11) is 6.09. The Bertz CT molecular complexity index is 489. The van der Waals surface area contributed by atoms with Gasteiger partial charge in [-0.3, -0.25) is 0 Å². The monoisotopic (exact) mass is 338 g/mol. The highest BCUT2D eigenvalue weighted by Crippen LogP contribution is 2.31. The van der Waals surface area contributed by atoms with Crippen LogP contribution in [0.3, 0.4) is 0 Å². The molecule has 0 amide bonds. The second-order valence-corrected chi connectivity index (χ2v) is 7.68. The Morgan fingerprint density at radius 3 is 2.57 bits per heavy atom. The van der Waals surface area contributed by atoms with E-state index in [0.717, 1.165) is 23.3 Å². The van der Waals surface area contributed by atoms with Crippen LogP contribution in [0.4, 0.5) is 5.82 Å². The molecular weight excluding hydrogens is 308 g/mol. The highest BCUT2D eigenvalue weighted by Gasteiger charge is 2.23. The molecule has 0 radical (unpaired) electrons. The van der Waals surface area contributed by atoms with Crippen molar-refractivity contribution < 1.29 is 4.74 Å².